The number of carbonyl (C=O) groups excluding carboxylic acids is 1. The molecule has 11 heteroatoms. The van der Waals surface area contributed by atoms with Gasteiger partial charge in [-0.3, -0.25) is 4.79 Å². The number of hydrogen-bond donors (Lipinski definition) is 1. The standard InChI is InChI=1S/C18H24B2F3N3O3/c1-10-9-26-14(11(2)28-10)17(19,20(26)15(27)29-16(3,4)5)25-13-7-6-12(8-24-13)18(21,22)23/h6-8,10-11,14H,9H2,1-5H3,(H,24,25). The molecule has 2 radical (unpaired) electrons. The van der Waals surface area contributed by atoms with Crippen LogP contribution in [-0.2, 0) is 15.7 Å². The Bertz CT molecular complexity index is 772. The lowest BCUT2D eigenvalue weighted by Crippen LogP contribution is -2.89. The van der Waals surface area contributed by atoms with Crippen LogP contribution in [0.5, 0.6) is 0 Å². The van der Waals surface area contributed by atoms with Crippen molar-refractivity contribution in [2.45, 2.75) is 70.0 Å². The van der Waals surface area contributed by atoms with Crippen molar-refractivity contribution in [2.75, 3.05) is 11.9 Å². The maximum Gasteiger partial charge on any atom is 0.417 e. The van der Waals surface area contributed by atoms with Crippen molar-refractivity contribution in [3.63, 3.8) is 0 Å². The second-order valence-electron chi connectivity index (χ2n) is 8.72. The summed E-state index contributed by atoms with van der Waals surface area (Å²) in [6, 6.07) is 1.74. The molecule has 156 valence electrons. The smallest absolute Gasteiger partial charge is 0.417 e. The van der Waals surface area contributed by atoms with E-state index in [4.69, 9.17) is 17.3 Å². The normalized spacial score (nSPS) is 30.3. The van der Waals surface area contributed by atoms with Crippen LogP contribution in [0.2, 0.25) is 0 Å². The molecule has 0 amide bonds. The highest BCUT2D eigenvalue weighted by atomic mass is 19.4. The van der Waals surface area contributed by atoms with Crippen LogP contribution < -0.4 is 5.32 Å². The molecule has 3 rings (SSSR count). The van der Waals surface area contributed by atoms with Crippen LogP contribution in [0.1, 0.15) is 40.2 Å². The van der Waals surface area contributed by atoms with E-state index >= 15 is 0 Å². The van der Waals surface area contributed by atoms with Crippen molar-refractivity contribution < 1.29 is 27.4 Å². The lowest BCUT2D eigenvalue weighted by Gasteiger charge is -2.64. The summed E-state index contributed by atoms with van der Waals surface area (Å²) in [4.78, 5) is 18.7. The van der Waals surface area contributed by atoms with Gasteiger partial charge in [0, 0.05) is 24.1 Å². The van der Waals surface area contributed by atoms with Gasteiger partial charge in [-0.25, -0.2) is 4.98 Å². The van der Waals surface area contributed by atoms with Gasteiger partial charge in [0.2, 0.25) is 0 Å². The summed E-state index contributed by atoms with van der Waals surface area (Å²) < 4.78 is 49.8. The molecule has 29 heavy (non-hydrogen) atoms. The van der Waals surface area contributed by atoms with Crippen LogP contribution in [0.25, 0.3) is 0 Å². The first-order valence-corrected chi connectivity index (χ1v) is 9.47. The molecule has 2 saturated heterocycles. The Morgan fingerprint density at radius 3 is 2.55 bits per heavy atom. The van der Waals surface area contributed by atoms with E-state index in [1.54, 1.807) is 20.8 Å². The van der Waals surface area contributed by atoms with Gasteiger partial charge in [0.25, 0.3) is 5.87 Å². The van der Waals surface area contributed by atoms with E-state index in [0.717, 1.165) is 12.3 Å². The van der Waals surface area contributed by atoms with Crippen molar-refractivity contribution >= 4 is 26.4 Å². The van der Waals surface area contributed by atoms with Crippen LogP contribution >= 0.6 is 0 Å². The van der Waals surface area contributed by atoms with E-state index in [1.165, 1.54) is 6.07 Å². The van der Waals surface area contributed by atoms with E-state index in [9.17, 15) is 18.0 Å². The third-order valence-electron chi connectivity index (χ3n) is 5.06. The molecule has 2 aliphatic heterocycles. The highest BCUT2D eigenvalue weighted by Gasteiger charge is 2.68. The molecule has 1 N–H and O–H groups in total. The van der Waals surface area contributed by atoms with Crippen molar-refractivity contribution in [3.05, 3.63) is 23.9 Å². The Morgan fingerprint density at radius 1 is 1.38 bits per heavy atom. The topological polar surface area (TPSA) is 63.7 Å². The van der Waals surface area contributed by atoms with Crippen molar-refractivity contribution in [3.8, 4) is 0 Å². The van der Waals surface area contributed by atoms with Gasteiger partial charge in [0.15, 0.2) is 0 Å². The van der Waals surface area contributed by atoms with E-state index in [2.05, 4.69) is 10.3 Å². The molecule has 0 spiro atoms. The summed E-state index contributed by atoms with van der Waals surface area (Å²) in [6.45, 7) is 8.69. The lowest BCUT2D eigenvalue weighted by atomic mass is 9.26. The third-order valence-corrected chi connectivity index (χ3v) is 5.06. The Morgan fingerprint density at radius 2 is 2.03 bits per heavy atom. The number of halogens is 3. The Labute approximate surface area is 170 Å². The highest BCUT2D eigenvalue weighted by Crippen LogP contribution is 2.41. The number of alkyl halides is 3. The molecule has 0 aromatic carbocycles. The van der Waals surface area contributed by atoms with Gasteiger partial charge in [-0.1, -0.05) is 0 Å². The molecule has 4 unspecified atom stereocenters. The van der Waals surface area contributed by atoms with E-state index in [0.29, 0.717) is 6.54 Å². The molecule has 1 aromatic rings. The number of anilines is 1. The fourth-order valence-corrected chi connectivity index (χ4v) is 4.13. The molecule has 2 aliphatic rings. The Balaban J connectivity index is 1.88. The number of pyridine rings is 1. The molecule has 2 fully saturated rings. The predicted molar refractivity (Wildman–Crippen MR) is 104 cm³/mol. The largest absolute Gasteiger partial charge is 0.467 e. The summed E-state index contributed by atoms with van der Waals surface area (Å²) in [7, 11) is 6.62. The summed E-state index contributed by atoms with van der Waals surface area (Å²) in [5.41, 5.74) is -1.57. The number of aromatic nitrogens is 1. The van der Waals surface area contributed by atoms with Crippen molar-refractivity contribution in [1.29, 1.82) is 0 Å². The number of hydrogen-bond acceptors (Lipinski definition) is 6. The van der Waals surface area contributed by atoms with Crippen LogP contribution in [-0.4, -0.2) is 66.1 Å². The Kier molecular flexibility index (Phi) is 5.45. The number of nitrogens with zero attached hydrogens (tertiary/aromatic N) is 2. The lowest BCUT2D eigenvalue weighted by molar-refractivity contribution is -0.137. The zero-order valence-corrected chi connectivity index (χ0v) is 17.1. The molecule has 0 bridgehead atoms. The quantitative estimate of drug-likeness (QED) is 0.776. The average molecular weight is 409 g/mol. The molecule has 3 heterocycles. The summed E-state index contributed by atoms with van der Waals surface area (Å²) in [6.07, 6.45) is -4.16. The van der Waals surface area contributed by atoms with E-state index in [-0.39, 0.29) is 24.1 Å². The number of morpholine rings is 1. The first-order valence-electron chi connectivity index (χ1n) is 9.47. The fraction of sp³-hybridized carbons (Fsp3) is 0.667. The zero-order chi connectivity index (χ0) is 21.8. The van der Waals surface area contributed by atoms with Crippen LogP contribution in [0.4, 0.5) is 23.8 Å². The molecular formula is C18H24B2F3N3O3. The number of ether oxygens (including phenoxy) is 2. The maximum absolute atomic E-state index is 12.9. The average Bonchev–Trinajstić information content (AvgIpc) is 2.51. The molecule has 0 saturated carbocycles. The van der Waals surface area contributed by atoms with E-state index < -0.39 is 35.4 Å². The van der Waals surface area contributed by atoms with Gasteiger partial charge in [-0.05, 0) is 46.8 Å². The summed E-state index contributed by atoms with van der Waals surface area (Å²) >= 11 is 0. The molecule has 1 aromatic heterocycles. The van der Waals surface area contributed by atoms with Gasteiger partial charge in [0.05, 0.1) is 25.6 Å². The fourth-order valence-electron chi connectivity index (χ4n) is 4.13. The minimum absolute atomic E-state index is 0.0973. The van der Waals surface area contributed by atoms with Gasteiger partial charge in [0.1, 0.15) is 11.4 Å². The number of nitrogens with one attached hydrogen (secondary N) is 1. The van der Waals surface area contributed by atoms with Gasteiger partial charge < -0.3 is 19.6 Å². The first-order chi connectivity index (χ1) is 13.2. The zero-order valence-electron chi connectivity index (χ0n) is 17.1. The summed E-state index contributed by atoms with van der Waals surface area (Å²) in [5.74, 6) is -0.364. The van der Waals surface area contributed by atoms with Gasteiger partial charge in [-0.15, -0.1) is 0 Å². The number of carbonyl (C=O) groups is 1. The van der Waals surface area contributed by atoms with Crippen LogP contribution in [0.3, 0.4) is 0 Å². The molecule has 4 atom stereocenters. The van der Waals surface area contributed by atoms with Crippen molar-refractivity contribution in [2.24, 2.45) is 0 Å². The van der Waals surface area contributed by atoms with Gasteiger partial charge >= 0.3 is 13.0 Å². The third kappa shape index (κ3) is 4.26. The second-order valence-corrected chi connectivity index (χ2v) is 8.72. The van der Waals surface area contributed by atoms with Crippen LogP contribution in [0.15, 0.2) is 18.3 Å². The van der Waals surface area contributed by atoms with Gasteiger partial charge in [-0.2, -0.15) is 13.2 Å². The van der Waals surface area contributed by atoms with Crippen molar-refractivity contribution in [1.82, 2.24) is 9.79 Å². The monoisotopic (exact) mass is 409 g/mol. The second kappa shape index (κ2) is 7.19. The molecular weight excluding hydrogens is 385 g/mol. The molecule has 6 nitrogen and oxygen atoms in total. The van der Waals surface area contributed by atoms with Crippen LogP contribution in [0, 0.1) is 0 Å². The maximum atomic E-state index is 12.9. The molecule has 0 aliphatic carbocycles. The first kappa shape index (κ1) is 22.0. The SMILES string of the molecule is [B]C1(Nc2ccc(C(F)(F)F)cn2)B(C(=O)OC(C)(C)C)N2CC(C)OC(C)C21. The number of fused-ring (bicyclic) bond motifs is 1. The minimum atomic E-state index is -4.49. The summed E-state index contributed by atoms with van der Waals surface area (Å²) in [5, 5.41) is 1.66. The van der Waals surface area contributed by atoms with E-state index in [1.807, 2.05) is 18.7 Å². The highest BCUT2D eigenvalue weighted by molar-refractivity contribution is 6.96. The Hall–Kier alpha value is -1.74. The minimum Gasteiger partial charge on any atom is -0.467 e. The number of rotatable bonds is 3. The predicted octanol–water partition coefficient (Wildman–Crippen LogP) is 2.92.